The summed E-state index contributed by atoms with van der Waals surface area (Å²) < 4.78 is 6.02. The Balaban J connectivity index is 1.77. The molecule has 0 saturated heterocycles. The van der Waals surface area contributed by atoms with Crippen molar-refractivity contribution in [3.05, 3.63) is 53.6 Å². The Morgan fingerprint density at radius 1 is 1.25 bits per heavy atom. The predicted octanol–water partition coefficient (Wildman–Crippen LogP) is 3.45. The van der Waals surface area contributed by atoms with E-state index in [-0.39, 0.29) is 5.41 Å². The Morgan fingerprint density at radius 2 is 1.95 bits per heavy atom. The van der Waals surface area contributed by atoms with Gasteiger partial charge >= 0.3 is 0 Å². The molecule has 2 atom stereocenters. The largest absolute Gasteiger partial charge is 0.489 e. The molecule has 3 heteroatoms. The lowest BCUT2D eigenvalue weighted by Gasteiger charge is -2.18. The zero-order valence-electron chi connectivity index (χ0n) is 12.3. The topological polar surface area (TPSA) is 35.0 Å². The number of benzene rings is 1. The van der Waals surface area contributed by atoms with Crippen LogP contribution in [0, 0.1) is 19.8 Å². The number of nitrogens with zero attached hydrogens (tertiary/aromatic N) is 2. The number of hydrogen-bond acceptors (Lipinski definition) is 3. The first-order chi connectivity index (χ1) is 9.62. The summed E-state index contributed by atoms with van der Waals surface area (Å²) >= 11 is 0. The molecule has 1 aliphatic rings. The van der Waals surface area contributed by atoms with Gasteiger partial charge < -0.3 is 4.74 Å². The first-order valence-corrected chi connectivity index (χ1v) is 7.10. The highest BCUT2D eigenvalue weighted by Gasteiger charge is 2.53. The first kappa shape index (κ1) is 13.1. The van der Waals surface area contributed by atoms with Gasteiger partial charge in [0.15, 0.2) is 5.75 Å². The SMILES string of the molecule is Cc1ncc(OC[C@@]2(c3ccccc3)CC2C)c(C)n1. The van der Waals surface area contributed by atoms with Crippen LogP contribution in [0.1, 0.15) is 30.4 Å². The third-order valence-electron chi connectivity index (χ3n) is 4.34. The van der Waals surface area contributed by atoms with Gasteiger partial charge in [0.2, 0.25) is 0 Å². The van der Waals surface area contributed by atoms with Crippen molar-refractivity contribution in [2.24, 2.45) is 5.92 Å². The Bertz CT molecular complexity index is 612. The third kappa shape index (κ3) is 2.28. The minimum Gasteiger partial charge on any atom is -0.489 e. The van der Waals surface area contributed by atoms with E-state index in [1.807, 2.05) is 13.8 Å². The van der Waals surface area contributed by atoms with Gasteiger partial charge in [-0.1, -0.05) is 37.3 Å². The molecule has 3 nitrogen and oxygen atoms in total. The van der Waals surface area contributed by atoms with E-state index in [2.05, 4.69) is 47.2 Å². The minimum absolute atomic E-state index is 0.165. The van der Waals surface area contributed by atoms with Gasteiger partial charge in [-0.2, -0.15) is 0 Å². The summed E-state index contributed by atoms with van der Waals surface area (Å²) in [5, 5.41) is 0. The average molecular weight is 268 g/mol. The summed E-state index contributed by atoms with van der Waals surface area (Å²) in [5.74, 6) is 2.24. The molecule has 1 aliphatic carbocycles. The molecule has 0 spiro atoms. The van der Waals surface area contributed by atoms with Crippen LogP contribution in [0.5, 0.6) is 5.75 Å². The van der Waals surface area contributed by atoms with Crippen LogP contribution in [0.4, 0.5) is 0 Å². The molecule has 1 aromatic heterocycles. The highest BCUT2D eigenvalue weighted by molar-refractivity contribution is 5.34. The molecule has 1 heterocycles. The fourth-order valence-corrected chi connectivity index (χ4v) is 2.86. The van der Waals surface area contributed by atoms with Crippen molar-refractivity contribution < 1.29 is 4.74 Å². The van der Waals surface area contributed by atoms with Crippen LogP contribution in [0.3, 0.4) is 0 Å². The lowest BCUT2D eigenvalue weighted by atomic mass is 9.94. The van der Waals surface area contributed by atoms with Crippen LogP contribution in [0.25, 0.3) is 0 Å². The quantitative estimate of drug-likeness (QED) is 0.852. The van der Waals surface area contributed by atoms with E-state index in [4.69, 9.17) is 4.74 Å². The van der Waals surface area contributed by atoms with Crippen LogP contribution < -0.4 is 4.74 Å². The van der Waals surface area contributed by atoms with Crippen LogP contribution >= 0.6 is 0 Å². The summed E-state index contributed by atoms with van der Waals surface area (Å²) in [6, 6.07) is 10.7. The van der Waals surface area contributed by atoms with Crippen molar-refractivity contribution in [2.45, 2.75) is 32.6 Å². The molecule has 0 bridgehead atoms. The van der Waals surface area contributed by atoms with Crippen molar-refractivity contribution >= 4 is 0 Å². The van der Waals surface area contributed by atoms with Gasteiger partial charge in [0.05, 0.1) is 18.5 Å². The number of hydrogen-bond donors (Lipinski definition) is 0. The molecule has 1 fully saturated rings. The summed E-state index contributed by atoms with van der Waals surface area (Å²) in [5.41, 5.74) is 2.45. The lowest BCUT2D eigenvalue weighted by molar-refractivity contribution is 0.265. The number of aromatic nitrogens is 2. The van der Waals surface area contributed by atoms with Crippen LogP contribution in [-0.2, 0) is 5.41 Å². The fraction of sp³-hybridized carbons (Fsp3) is 0.412. The van der Waals surface area contributed by atoms with E-state index >= 15 is 0 Å². The van der Waals surface area contributed by atoms with Crippen molar-refractivity contribution in [2.75, 3.05) is 6.61 Å². The standard InChI is InChI=1S/C17H20N2O/c1-12-9-17(12,15-7-5-4-6-8-15)11-20-16-10-18-14(3)19-13(16)2/h4-8,10,12H,9,11H2,1-3H3/t12?,17-/m0/s1. The average Bonchev–Trinajstić information content (AvgIpc) is 3.11. The van der Waals surface area contributed by atoms with Gasteiger partial charge in [-0.25, -0.2) is 9.97 Å². The van der Waals surface area contributed by atoms with E-state index in [1.54, 1.807) is 6.20 Å². The molecular formula is C17H20N2O. The van der Waals surface area contributed by atoms with Crippen LogP contribution in [0.2, 0.25) is 0 Å². The Kier molecular flexibility index (Phi) is 3.20. The first-order valence-electron chi connectivity index (χ1n) is 7.10. The van der Waals surface area contributed by atoms with Crippen molar-refractivity contribution in [3.63, 3.8) is 0 Å². The normalized spacial score (nSPS) is 24.4. The van der Waals surface area contributed by atoms with Crippen LogP contribution in [0.15, 0.2) is 36.5 Å². The zero-order chi connectivity index (χ0) is 14.2. The van der Waals surface area contributed by atoms with E-state index in [1.165, 1.54) is 12.0 Å². The highest BCUT2D eigenvalue weighted by atomic mass is 16.5. The minimum atomic E-state index is 0.165. The molecule has 2 aromatic rings. The van der Waals surface area contributed by atoms with Crippen molar-refractivity contribution in [1.82, 2.24) is 9.97 Å². The van der Waals surface area contributed by atoms with Gasteiger partial charge in [-0.3, -0.25) is 0 Å². The third-order valence-corrected chi connectivity index (χ3v) is 4.34. The summed E-state index contributed by atoms with van der Waals surface area (Å²) in [7, 11) is 0. The summed E-state index contributed by atoms with van der Waals surface area (Å²) in [4.78, 5) is 8.57. The maximum absolute atomic E-state index is 6.02. The van der Waals surface area contributed by atoms with Gasteiger partial charge in [-0.15, -0.1) is 0 Å². The summed E-state index contributed by atoms with van der Waals surface area (Å²) in [6.07, 6.45) is 2.96. The molecule has 0 amide bonds. The van der Waals surface area contributed by atoms with Gasteiger partial charge in [-0.05, 0) is 31.7 Å². The van der Waals surface area contributed by atoms with E-state index in [9.17, 15) is 0 Å². The van der Waals surface area contributed by atoms with E-state index in [0.717, 1.165) is 17.3 Å². The van der Waals surface area contributed by atoms with E-state index in [0.29, 0.717) is 12.5 Å². The number of aryl methyl sites for hydroxylation is 2. The molecule has 0 N–H and O–H groups in total. The fourth-order valence-electron chi connectivity index (χ4n) is 2.86. The molecule has 0 aliphatic heterocycles. The monoisotopic (exact) mass is 268 g/mol. The number of rotatable bonds is 4. The maximum Gasteiger partial charge on any atom is 0.158 e. The zero-order valence-corrected chi connectivity index (χ0v) is 12.3. The van der Waals surface area contributed by atoms with Crippen LogP contribution in [-0.4, -0.2) is 16.6 Å². The van der Waals surface area contributed by atoms with Crippen molar-refractivity contribution in [1.29, 1.82) is 0 Å². The number of ether oxygens (including phenoxy) is 1. The lowest BCUT2D eigenvalue weighted by Crippen LogP contribution is -2.20. The molecule has 1 aromatic carbocycles. The maximum atomic E-state index is 6.02. The second-order valence-corrected chi connectivity index (χ2v) is 5.78. The second-order valence-electron chi connectivity index (χ2n) is 5.78. The molecule has 1 saturated carbocycles. The smallest absolute Gasteiger partial charge is 0.158 e. The molecule has 1 unspecified atom stereocenters. The van der Waals surface area contributed by atoms with Gasteiger partial charge in [0, 0.05) is 5.41 Å². The van der Waals surface area contributed by atoms with E-state index < -0.39 is 0 Å². The van der Waals surface area contributed by atoms with Gasteiger partial charge in [0.25, 0.3) is 0 Å². The predicted molar refractivity (Wildman–Crippen MR) is 78.9 cm³/mol. The molecule has 3 rings (SSSR count). The summed E-state index contributed by atoms with van der Waals surface area (Å²) in [6.45, 7) is 6.85. The Labute approximate surface area is 120 Å². The highest BCUT2D eigenvalue weighted by Crippen LogP contribution is 2.54. The molecule has 104 valence electrons. The van der Waals surface area contributed by atoms with Crippen molar-refractivity contribution in [3.8, 4) is 5.75 Å². The Hall–Kier alpha value is -1.90. The molecular weight excluding hydrogens is 248 g/mol. The Morgan fingerprint density at radius 3 is 2.55 bits per heavy atom. The molecule has 0 radical (unpaired) electrons. The second kappa shape index (κ2) is 4.89. The van der Waals surface area contributed by atoms with Gasteiger partial charge in [0.1, 0.15) is 5.82 Å². The molecule has 20 heavy (non-hydrogen) atoms.